The summed E-state index contributed by atoms with van der Waals surface area (Å²) >= 11 is 0. The molecule has 1 aromatic rings. The maximum Gasteiger partial charge on any atom is 0.257 e. The van der Waals surface area contributed by atoms with Crippen LogP contribution in [-0.2, 0) is 0 Å². The smallest absolute Gasteiger partial charge is 0.257 e. The second kappa shape index (κ2) is 4.70. The van der Waals surface area contributed by atoms with E-state index in [-0.39, 0.29) is 12.5 Å². The predicted octanol–water partition coefficient (Wildman–Crippen LogP) is 1.43. The lowest BCUT2D eigenvalue weighted by Gasteiger charge is -2.30. The maximum atomic E-state index is 12.0. The van der Waals surface area contributed by atoms with E-state index in [1.165, 1.54) is 6.26 Å². The molecule has 4 nitrogen and oxygen atoms in total. The number of likely N-dealkylation sites (tertiary alicyclic amines) is 1. The van der Waals surface area contributed by atoms with Crippen molar-refractivity contribution in [3.8, 4) is 0 Å². The first-order valence-corrected chi connectivity index (χ1v) is 5.66. The SMILES string of the molecule is Cc1cc(C(=O)N2CCC(CO)CC2)co1. The Balaban J connectivity index is 1.96. The first-order valence-electron chi connectivity index (χ1n) is 5.66. The topological polar surface area (TPSA) is 53.7 Å². The van der Waals surface area contributed by atoms with Crippen LogP contribution in [0.3, 0.4) is 0 Å². The van der Waals surface area contributed by atoms with Crippen molar-refractivity contribution in [2.45, 2.75) is 19.8 Å². The maximum absolute atomic E-state index is 12.0. The molecule has 1 saturated heterocycles. The monoisotopic (exact) mass is 223 g/mol. The van der Waals surface area contributed by atoms with Gasteiger partial charge < -0.3 is 14.4 Å². The number of carbonyl (C=O) groups is 1. The molecule has 0 saturated carbocycles. The molecule has 4 heteroatoms. The van der Waals surface area contributed by atoms with Gasteiger partial charge in [-0.1, -0.05) is 0 Å². The molecule has 2 heterocycles. The van der Waals surface area contributed by atoms with E-state index in [4.69, 9.17) is 9.52 Å². The Morgan fingerprint density at radius 1 is 1.56 bits per heavy atom. The molecule has 0 unspecified atom stereocenters. The van der Waals surface area contributed by atoms with Crippen LogP contribution in [0.25, 0.3) is 0 Å². The number of hydrogen-bond acceptors (Lipinski definition) is 3. The molecule has 1 aromatic heterocycles. The number of furan rings is 1. The number of hydrogen-bond donors (Lipinski definition) is 1. The fourth-order valence-electron chi connectivity index (χ4n) is 2.06. The average molecular weight is 223 g/mol. The summed E-state index contributed by atoms with van der Waals surface area (Å²) in [4.78, 5) is 13.8. The van der Waals surface area contributed by atoms with Gasteiger partial charge in [0.25, 0.3) is 5.91 Å². The molecule has 1 amide bonds. The van der Waals surface area contributed by atoms with Gasteiger partial charge in [0, 0.05) is 19.7 Å². The van der Waals surface area contributed by atoms with Crippen molar-refractivity contribution in [3.05, 3.63) is 23.7 Å². The number of aliphatic hydroxyl groups excluding tert-OH is 1. The molecule has 0 aromatic carbocycles. The van der Waals surface area contributed by atoms with Gasteiger partial charge in [-0.3, -0.25) is 4.79 Å². The lowest BCUT2D eigenvalue weighted by Crippen LogP contribution is -2.39. The van der Waals surface area contributed by atoms with Gasteiger partial charge in [0.1, 0.15) is 12.0 Å². The number of carbonyl (C=O) groups excluding carboxylic acids is 1. The van der Waals surface area contributed by atoms with Gasteiger partial charge in [-0.05, 0) is 31.7 Å². The largest absolute Gasteiger partial charge is 0.469 e. The molecule has 88 valence electrons. The van der Waals surface area contributed by atoms with Gasteiger partial charge in [-0.25, -0.2) is 0 Å². The summed E-state index contributed by atoms with van der Waals surface area (Å²) in [6.45, 7) is 3.52. The second-order valence-corrected chi connectivity index (χ2v) is 4.36. The van der Waals surface area contributed by atoms with Crippen LogP contribution in [0.2, 0.25) is 0 Å². The predicted molar refractivity (Wildman–Crippen MR) is 59.2 cm³/mol. The molecule has 2 rings (SSSR count). The number of amides is 1. The summed E-state index contributed by atoms with van der Waals surface area (Å²) < 4.78 is 5.13. The summed E-state index contributed by atoms with van der Waals surface area (Å²) in [5.41, 5.74) is 0.625. The van der Waals surface area contributed by atoms with Crippen LogP contribution >= 0.6 is 0 Å². The Labute approximate surface area is 94.9 Å². The Morgan fingerprint density at radius 3 is 2.75 bits per heavy atom. The highest BCUT2D eigenvalue weighted by Crippen LogP contribution is 2.19. The molecule has 0 bridgehead atoms. The Kier molecular flexibility index (Phi) is 3.29. The van der Waals surface area contributed by atoms with E-state index in [1.54, 1.807) is 6.07 Å². The summed E-state index contributed by atoms with van der Waals surface area (Å²) in [6.07, 6.45) is 3.29. The minimum Gasteiger partial charge on any atom is -0.469 e. The van der Waals surface area contributed by atoms with Gasteiger partial charge in [-0.2, -0.15) is 0 Å². The minimum absolute atomic E-state index is 0.0354. The minimum atomic E-state index is 0.0354. The zero-order valence-corrected chi connectivity index (χ0v) is 9.48. The van der Waals surface area contributed by atoms with Crippen molar-refractivity contribution in [1.29, 1.82) is 0 Å². The van der Waals surface area contributed by atoms with Crippen LogP contribution < -0.4 is 0 Å². The van der Waals surface area contributed by atoms with E-state index in [9.17, 15) is 4.79 Å². The van der Waals surface area contributed by atoms with E-state index >= 15 is 0 Å². The Bertz CT molecular complexity index is 364. The van der Waals surface area contributed by atoms with E-state index in [0.717, 1.165) is 31.7 Å². The number of rotatable bonds is 2. The zero-order chi connectivity index (χ0) is 11.5. The lowest BCUT2D eigenvalue weighted by molar-refractivity contribution is 0.0650. The molecule has 0 aliphatic carbocycles. The zero-order valence-electron chi connectivity index (χ0n) is 9.48. The molecule has 1 fully saturated rings. The summed E-state index contributed by atoms with van der Waals surface area (Å²) in [7, 11) is 0. The summed E-state index contributed by atoms with van der Waals surface area (Å²) in [5.74, 6) is 1.15. The summed E-state index contributed by atoms with van der Waals surface area (Å²) in [5, 5.41) is 9.02. The molecular weight excluding hydrogens is 206 g/mol. The fraction of sp³-hybridized carbons (Fsp3) is 0.583. The molecule has 0 atom stereocenters. The van der Waals surface area contributed by atoms with E-state index in [0.29, 0.717) is 11.5 Å². The van der Waals surface area contributed by atoms with Crippen molar-refractivity contribution >= 4 is 5.91 Å². The third-order valence-corrected chi connectivity index (χ3v) is 3.14. The van der Waals surface area contributed by atoms with Crippen LogP contribution in [0.5, 0.6) is 0 Å². The molecule has 0 radical (unpaired) electrons. The third kappa shape index (κ3) is 2.27. The second-order valence-electron chi connectivity index (χ2n) is 4.36. The molecule has 1 aliphatic heterocycles. The normalized spacial score (nSPS) is 17.8. The van der Waals surface area contributed by atoms with Crippen molar-refractivity contribution in [1.82, 2.24) is 4.90 Å². The Morgan fingerprint density at radius 2 is 2.25 bits per heavy atom. The summed E-state index contributed by atoms with van der Waals surface area (Å²) in [6, 6.07) is 1.76. The van der Waals surface area contributed by atoms with E-state index in [1.807, 2.05) is 11.8 Å². The first kappa shape index (κ1) is 11.2. The van der Waals surface area contributed by atoms with Crippen LogP contribution in [-0.4, -0.2) is 35.6 Å². The fourth-order valence-corrected chi connectivity index (χ4v) is 2.06. The van der Waals surface area contributed by atoms with Gasteiger partial charge in [0.2, 0.25) is 0 Å². The number of piperidine rings is 1. The molecule has 1 aliphatic rings. The van der Waals surface area contributed by atoms with Gasteiger partial charge in [0.15, 0.2) is 0 Å². The third-order valence-electron chi connectivity index (χ3n) is 3.14. The lowest BCUT2D eigenvalue weighted by atomic mass is 9.97. The number of aliphatic hydroxyl groups is 1. The number of nitrogens with zero attached hydrogens (tertiary/aromatic N) is 1. The molecule has 16 heavy (non-hydrogen) atoms. The van der Waals surface area contributed by atoms with E-state index < -0.39 is 0 Å². The van der Waals surface area contributed by atoms with Crippen molar-refractivity contribution in [2.24, 2.45) is 5.92 Å². The highest BCUT2D eigenvalue weighted by molar-refractivity contribution is 5.94. The molecule has 1 N–H and O–H groups in total. The highest BCUT2D eigenvalue weighted by Gasteiger charge is 2.23. The average Bonchev–Trinajstić information content (AvgIpc) is 2.75. The Hall–Kier alpha value is -1.29. The highest BCUT2D eigenvalue weighted by atomic mass is 16.3. The quantitative estimate of drug-likeness (QED) is 0.825. The first-order chi connectivity index (χ1) is 7.70. The number of aryl methyl sites for hydroxylation is 1. The van der Waals surface area contributed by atoms with Gasteiger partial charge in [0.05, 0.1) is 5.56 Å². The van der Waals surface area contributed by atoms with Crippen LogP contribution in [0.15, 0.2) is 16.7 Å². The van der Waals surface area contributed by atoms with Crippen LogP contribution in [0, 0.1) is 12.8 Å². The van der Waals surface area contributed by atoms with Crippen molar-refractivity contribution < 1.29 is 14.3 Å². The van der Waals surface area contributed by atoms with Gasteiger partial charge in [-0.15, -0.1) is 0 Å². The van der Waals surface area contributed by atoms with Crippen LogP contribution in [0.4, 0.5) is 0 Å². The standard InChI is InChI=1S/C12H17NO3/c1-9-6-11(8-16-9)12(15)13-4-2-10(7-14)3-5-13/h6,8,10,14H,2-5,7H2,1H3. The molecule has 0 spiro atoms. The van der Waals surface area contributed by atoms with E-state index in [2.05, 4.69) is 0 Å². The molecular formula is C12H17NO3. The van der Waals surface area contributed by atoms with Crippen molar-refractivity contribution in [3.63, 3.8) is 0 Å². The van der Waals surface area contributed by atoms with Crippen molar-refractivity contribution in [2.75, 3.05) is 19.7 Å². The van der Waals surface area contributed by atoms with Crippen LogP contribution in [0.1, 0.15) is 29.0 Å². The van der Waals surface area contributed by atoms with Gasteiger partial charge >= 0.3 is 0 Å².